The molecule has 0 unspecified atom stereocenters. The van der Waals surface area contributed by atoms with Crippen LogP contribution in [0.1, 0.15) is 35.8 Å². The lowest BCUT2D eigenvalue weighted by Gasteiger charge is -2.43. The fourth-order valence-electron chi connectivity index (χ4n) is 4.47. The van der Waals surface area contributed by atoms with Gasteiger partial charge in [-0.3, -0.25) is 9.59 Å². The van der Waals surface area contributed by atoms with Crippen molar-refractivity contribution in [2.75, 3.05) is 23.8 Å². The molecule has 3 heterocycles. The molecule has 2 aromatic heterocycles. The van der Waals surface area contributed by atoms with E-state index >= 15 is 0 Å². The van der Waals surface area contributed by atoms with E-state index < -0.39 is 12.0 Å². The molecule has 3 aromatic rings. The summed E-state index contributed by atoms with van der Waals surface area (Å²) < 4.78 is 6.33. The van der Waals surface area contributed by atoms with E-state index in [1.807, 2.05) is 49.2 Å². The van der Waals surface area contributed by atoms with Crippen LogP contribution in [0.25, 0.3) is 0 Å². The number of nitrogens with two attached hydrogens (primary N) is 1. The number of likely N-dealkylation sites (N-methyl/N-ethyl adjacent to an activating group) is 1. The predicted molar refractivity (Wildman–Crippen MR) is 141 cm³/mol. The second-order valence-corrected chi connectivity index (χ2v) is 8.93. The Hall–Kier alpha value is -4.74. The maximum atomic E-state index is 12.4. The van der Waals surface area contributed by atoms with Crippen LogP contribution in [0.4, 0.5) is 22.1 Å². The number of hydrogen-bond acceptors (Lipinski definition) is 9. The number of carbonyl (C=O) groups excluding carboxylic acids is 3. The number of hydrogen-bond donors (Lipinski definition) is 2. The number of nitrogens with zero attached hydrogens (tertiary/aromatic N) is 6. The molecule has 0 saturated carbocycles. The van der Waals surface area contributed by atoms with Crippen LogP contribution in [0.2, 0.25) is 0 Å². The molecule has 2 atom stereocenters. The number of piperidine rings is 1. The van der Waals surface area contributed by atoms with Gasteiger partial charge in [0.1, 0.15) is 12.4 Å². The first-order valence-corrected chi connectivity index (χ1v) is 12.1. The van der Waals surface area contributed by atoms with Crippen LogP contribution in [-0.2, 0) is 16.1 Å². The van der Waals surface area contributed by atoms with Gasteiger partial charge in [0.05, 0.1) is 30.3 Å². The number of nitrogens with one attached hydrogen (secondary N) is 1. The van der Waals surface area contributed by atoms with Crippen LogP contribution >= 0.6 is 0 Å². The van der Waals surface area contributed by atoms with Crippen LogP contribution in [0.3, 0.4) is 0 Å². The number of aromatic nitrogens is 4. The molecule has 1 aliphatic heterocycles. The van der Waals surface area contributed by atoms with Gasteiger partial charge in [0.25, 0.3) is 5.91 Å². The van der Waals surface area contributed by atoms with E-state index in [2.05, 4.69) is 27.0 Å². The van der Waals surface area contributed by atoms with Gasteiger partial charge in [-0.15, -0.1) is 0 Å². The number of anilines is 3. The van der Waals surface area contributed by atoms with Crippen molar-refractivity contribution in [1.29, 1.82) is 0 Å². The average molecular weight is 519 g/mol. The molecule has 2 amide bonds. The van der Waals surface area contributed by atoms with Crippen LogP contribution in [-0.4, -0.2) is 68.2 Å². The summed E-state index contributed by atoms with van der Waals surface area (Å²) in [6, 6.07) is 9.16. The molecule has 38 heavy (non-hydrogen) atoms. The molecule has 1 saturated heterocycles. The molecule has 1 fully saturated rings. The molecule has 1 aromatic carbocycles. The Bertz CT molecular complexity index is 1330. The van der Waals surface area contributed by atoms with E-state index in [0.717, 1.165) is 23.1 Å². The molecule has 0 aliphatic carbocycles. The van der Waals surface area contributed by atoms with Crippen molar-refractivity contribution in [3.05, 3.63) is 72.8 Å². The van der Waals surface area contributed by atoms with Crippen molar-refractivity contribution in [3.8, 4) is 0 Å². The Labute approximate surface area is 220 Å². The number of primary amides is 1. The number of likely N-dealkylation sites (tertiary alicyclic amines) is 1. The lowest BCUT2D eigenvalue weighted by atomic mass is 9.96. The molecule has 0 spiro atoms. The predicted octanol–water partition coefficient (Wildman–Crippen LogP) is 2.70. The van der Waals surface area contributed by atoms with Crippen molar-refractivity contribution in [2.45, 2.75) is 38.5 Å². The lowest BCUT2D eigenvalue weighted by molar-refractivity contribution is -0.129. The quantitative estimate of drug-likeness (QED) is 0.429. The first kappa shape index (κ1) is 26.3. The first-order valence-electron chi connectivity index (χ1n) is 12.1. The van der Waals surface area contributed by atoms with Gasteiger partial charge in [0, 0.05) is 19.6 Å². The molecule has 0 radical (unpaired) electrons. The monoisotopic (exact) mass is 518 g/mol. The highest BCUT2D eigenvalue weighted by Gasteiger charge is 2.33. The van der Waals surface area contributed by atoms with E-state index in [-0.39, 0.29) is 36.1 Å². The minimum Gasteiger partial charge on any atom is -0.443 e. The van der Waals surface area contributed by atoms with Gasteiger partial charge < -0.3 is 25.6 Å². The van der Waals surface area contributed by atoms with E-state index in [0.29, 0.717) is 18.1 Å². The van der Waals surface area contributed by atoms with E-state index in [1.165, 1.54) is 24.7 Å². The molecular formula is C26H30N8O4. The zero-order valence-electron chi connectivity index (χ0n) is 21.3. The van der Waals surface area contributed by atoms with Gasteiger partial charge in [0.15, 0.2) is 11.5 Å². The van der Waals surface area contributed by atoms with Gasteiger partial charge in [-0.1, -0.05) is 36.9 Å². The van der Waals surface area contributed by atoms with Crippen LogP contribution in [0, 0.1) is 0 Å². The number of amides is 2. The standard InChI is InChI=1S/C26H30N8O4/c1-4-22(35)33-12-8-11-20(17(33)2)32(3)21-14-28-23(24(27)36)25(31-21)30-19-13-29-34(15-19)26(37)38-16-18-9-6-5-7-10-18/h4-7,9-10,13-15,17,20H,1,8,11-12,16H2,2-3H3,(H2,27,36)(H,30,31)/t17-,20-/m1/s1. The number of carbonyl (C=O) groups is 3. The summed E-state index contributed by atoms with van der Waals surface area (Å²) in [4.78, 5) is 49.3. The van der Waals surface area contributed by atoms with Crippen LogP contribution in [0.15, 0.2) is 61.6 Å². The zero-order chi connectivity index (χ0) is 27.2. The molecule has 3 N–H and O–H groups in total. The molecule has 0 bridgehead atoms. The molecule has 4 rings (SSSR count). The first-order chi connectivity index (χ1) is 18.3. The highest BCUT2D eigenvalue weighted by atomic mass is 16.6. The van der Waals surface area contributed by atoms with Gasteiger partial charge in [0.2, 0.25) is 5.91 Å². The lowest BCUT2D eigenvalue weighted by Crippen LogP contribution is -2.55. The second kappa shape index (κ2) is 11.5. The van der Waals surface area contributed by atoms with Crippen LogP contribution in [0.5, 0.6) is 0 Å². The van der Waals surface area contributed by atoms with Gasteiger partial charge >= 0.3 is 6.09 Å². The third-order valence-corrected chi connectivity index (χ3v) is 6.49. The topological polar surface area (TPSA) is 149 Å². The molecule has 12 nitrogen and oxygen atoms in total. The van der Waals surface area contributed by atoms with E-state index in [1.54, 1.807) is 4.90 Å². The van der Waals surface area contributed by atoms with E-state index in [4.69, 9.17) is 10.5 Å². The number of benzene rings is 1. The van der Waals surface area contributed by atoms with Gasteiger partial charge in [-0.2, -0.15) is 9.78 Å². The Morgan fingerprint density at radius 3 is 2.74 bits per heavy atom. The third kappa shape index (κ3) is 5.80. The smallest absolute Gasteiger partial charge is 0.435 e. The summed E-state index contributed by atoms with van der Waals surface area (Å²) in [6.45, 7) is 6.34. The summed E-state index contributed by atoms with van der Waals surface area (Å²) in [5.74, 6) is -0.288. The van der Waals surface area contributed by atoms with Crippen molar-refractivity contribution >= 4 is 35.2 Å². The minimum atomic E-state index is -0.766. The third-order valence-electron chi connectivity index (χ3n) is 6.49. The highest BCUT2D eigenvalue weighted by Crippen LogP contribution is 2.27. The van der Waals surface area contributed by atoms with Crippen molar-refractivity contribution in [3.63, 3.8) is 0 Å². The maximum absolute atomic E-state index is 12.4. The Kier molecular flexibility index (Phi) is 8.00. The molecule has 1 aliphatic rings. The molecule has 198 valence electrons. The zero-order valence-corrected chi connectivity index (χ0v) is 21.3. The van der Waals surface area contributed by atoms with Gasteiger partial charge in [-0.05, 0) is 31.4 Å². The molecular weight excluding hydrogens is 488 g/mol. The average Bonchev–Trinajstić information content (AvgIpc) is 3.40. The summed E-state index contributed by atoms with van der Waals surface area (Å²) in [5.41, 5.74) is 6.69. The van der Waals surface area contributed by atoms with Crippen LogP contribution < -0.4 is 16.0 Å². The fraction of sp³-hybridized carbons (Fsp3) is 0.308. The van der Waals surface area contributed by atoms with Crippen molar-refractivity contribution in [1.82, 2.24) is 24.6 Å². The minimum absolute atomic E-state index is 0.0311. The summed E-state index contributed by atoms with van der Waals surface area (Å²) in [7, 11) is 1.86. The highest BCUT2D eigenvalue weighted by molar-refractivity contribution is 5.96. The van der Waals surface area contributed by atoms with Crippen molar-refractivity contribution in [2.24, 2.45) is 5.73 Å². The number of rotatable bonds is 8. The van der Waals surface area contributed by atoms with Gasteiger partial charge in [-0.25, -0.2) is 14.8 Å². The Morgan fingerprint density at radius 1 is 1.26 bits per heavy atom. The summed E-state index contributed by atoms with van der Waals surface area (Å²) in [6.07, 6.45) is 6.61. The Balaban J connectivity index is 1.50. The second-order valence-electron chi connectivity index (χ2n) is 8.93. The van der Waals surface area contributed by atoms with E-state index in [9.17, 15) is 14.4 Å². The SMILES string of the molecule is C=CC(=O)N1CCC[C@@H](N(C)c2cnc(C(N)=O)c(Nc3cnn(C(=O)OCc4ccccc4)c3)n2)[C@H]1C. The van der Waals surface area contributed by atoms with Crippen molar-refractivity contribution < 1.29 is 19.1 Å². The number of ether oxygens (including phenoxy) is 1. The Morgan fingerprint density at radius 2 is 2.03 bits per heavy atom. The largest absolute Gasteiger partial charge is 0.443 e. The summed E-state index contributed by atoms with van der Waals surface area (Å²) in [5, 5.41) is 7.01. The fourth-order valence-corrected chi connectivity index (χ4v) is 4.47. The molecule has 12 heteroatoms. The normalized spacial score (nSPS) is 16.9. The maximum Gasteiger partial charge on any atom is 0.435 e. The summed E-state index contributed by atoms with van der Waals surface area (Å²) >= 11 is 0.